The van der Waals surface area contributed by atoms with Crippen LogP contribution in [0.15, 0.2) is 6.07 Å². The number of nitrogens with zero attached hydrogens (tertiary/aromatic N) is 1. The topological polar surface area (TPSA) is 91.2 Å². The van der Waals surface area contributed by atoms with Gasteiger partial charge in [-0.1, -0.05) is 0 Å². The fourth-order valence-electron chi connectivity index (χ4n) is 1.27. The number of carbonyl (C=O) groups is 1. The molecule has 4 N–H and O–H groups in total. The summed E-state index contributed by atoms with van der Waals surface area (Å²) in [7, 11) is 0. The number of pyridine rings is 1. The van der Waals surface area contributed by atoms with Crippen LogP contribution < -0.4 is 11.5 Å². The van der Waals surface area contributed by atoms with Gasteiger partial charge < -0.3 is 16.2 Å². The molecule has 1 aromatic heterocycles. The Morgan fingerprint density at radius 1 is 1.59 bits per heavy atom. The van der Waals surface area contributed by atoms with Gasteiger partial charge in [0.15, 0.2) is 5.69 Å². The largest absolute Gasteiger partial charge is 0.461 e. The fraction of sp³-hybridized carbons (Fsp3) is 0.400. The number of hydrogen-bond acceptors (Lipinski definition) is 5. The van der Waals surface area contributed by atoms with Gasteiger partial charge in [-0.3, -0.25) is 0 Å². The predicted molar refractivity (Wildman–Crippen MR) is 57.5 cm³/mol. The molecule has 0 aliphatic rings. The predicted octanol–water partition coefficient (Wildman–Crippen LogP) is 1.24. The van der Waals surface area contributed by atoms with Crippen molar-refractivity contribution in [2.75, 3.05) is 12.3 Å². The highest BCUT2D eigenvalue weighted by atomic mass is 19.3. The molecule has 7 heteroatoms. The molecule has 0 unspecified atom stereocenters. The second-order valence-electron chi connectivity index (χ2n) is 3.19. The van der Waals surface area contributed by atoms with Crippen LogP contribution in [-0.2, 0) is 11.3 Å². The van der Waals surface area contributed by atoms with Crippen molar-refractivity contribution in [2.45, 2.75) is 19.9 Å². The van der Waals surface area contributed by atoms with E-state index >= 15 is 0 Å². The number of halogens is 2. The highest BCUT2D eigenvalue weighted by molar-refractivity contribution is 5.93. The Balaban J connectivity index is 3.28. The molecule has 0 bridgehead atoms. The number of alkyl halides is 2. The van der Waals surface area contributed by atoms with E-state index in [0.717, 1.165) is 6.07 Å². The summed E-state index contributed by atoms with van der Waals surface area (Å²) in [6.07, 6.45) is -2.79. The summed E-state index contributed by atoms with van der Waals surface area (Å²) in [6.45, 7) is 1.64. The average molecular weight is 245 g/mol. The van der Waals surface area contributed by atoms with Gasteiger partial charge in [0.25, 0.3) is 6.43 Å². The molecule has 0 aliphatic carbocycles. The molecule has 0 saturated heterocycles. The molecule has 0 aromatic carbocycles. The van der Waals surface area contributed by atoms with E-state index in [0.29, 0.717) is 0 Å². The summed E-state index contributed by atoms with van der Waals surface area (Å²) in [5.74, 6) is -0.831. The van der Waals surface area contributed by atoms with Crippen molar-refractivity contribution in [1.29, 1.82) is 0 Å². The number of ether oxygens (including phenoxy) is 1. The van der Waals surface area contributed by atoms with E-state index in [9.17, 15) is 13.6 Å². The van der Waals surface area contributed by atoms with Crippen molar-refractivity contribution in [2.24, 2.45) is 5.73 Å². The first-order valence-electron chi connectivity index (χ1n) is 4.95. The number of rotatable bonds is 4. The normalized spacial score (nSPS) is 10.6. The molecule has 1 rings (SSSR count). The number of carbonyl (C=O) groups excluding carboxylic acids is 1. The van der Waals surface area contributed by atoms with Gasteiger partial charge in [0.05, 0.1) is 18.0 Å². The van der Waals surface area contributed by atoms with Gasteiger partial charge in [-0.05, 0) is 13.0 Å². The molecule has 0 aliphatic heterocycles. The third kappa shape index (κ3) is 2.88. The van der Waals surface area contributed by atoms with Crippen LogP contribution in [0.2, 0.25) is 0 Å². The molecule has 0 saturated carbocycles. The Hall–Kier alpha value is -1.76. The summed E-state index contributed by atoms with van der Waals surface area (Å²) in [6, 6.07) is 1.09. The van der Waals surface area contributed by atoms with Crippen molar-refractivity contribution in [3.63, 3.8) is 0 Å². The number of nitrogen functional groups attached to an aromatic ring is 1. The van der Waals surface area contributed by atoms with Gasteiger partial charge in [-0.15, -0.1) is 0 Å². The summed E-state index contributed by atoms with van der Waals surface area (Å²) >= 11 is 0. The van der Waals surface area contributed by atoms with E-state index in [-0.39, 0.29) is 30.2 Å². The van der Waals surface area contributed by atoms with Crippen LogP contribution in [0.1, 0.15) is 35.1 Å². The van der Waals surface area contributed by atoms with E-state index in [2.05, 4.69) is 9.72 Å². The second kappa shape index (κ2) is 5.53. The Morgan fingerprint density at radius 2 is 2.24 bits per heavy atom. The maximum atomic E-state index is 12.7. The van der Waals surface area contributed by atoms with Gasteiger partial charge in [-0.25, -0.2) is 18.6 Å². The summed E-state index contributed by atoms with van der Waals surface area (Å²) in [5, 5.41) is 0. The lowest BCUT2D eigenvalue weighted by molar-refractivity contribution is 0.0520. The van der Waals surface area contributed by atoms with Crippen molar-refractivity contribution < 1.29 is 18.3 Å². The van der Waals surface area contributed by atoms with E-state index in [4.69, 9.17) is 11.5 Å². The average Bonchev–Trinajstić information content (AvgIpc) is 2.29. The van der Waals surface area contributed by atoms with Crippen LogP contribution in [0.4, 0.5) is 14.5 Å². The fourth-order valence-corrected chi connectivity index (χ4v) is 1.27. The molecular formula is C10H13F2N3O2. The lowest BCUT2D eigenvalue weighted by Gasteiger charge is -2.11. The first-order chi connectivity index (χ1) is 8.01. The van der Waals surface area contributed by atoms with Crippen molar-refractivity contribution >= 4 is 11.7 Å². The lowest BCUT2D eigenvalue weighted by Crippen LogP contribution is -2.15. The monoisotopic (exact) mass is 245 g/mol. The van der Waals surface area contributed by atoms with Crippen LogP contribution >= 0.6 is 0 Å². The minimum atomic E-state index is -2.79. The highest BCUT2D eigenvalue weighted by Gasteiger charge is 2.21. The number of esters is 1. The maximum absolute atomic E-state index is 12.7. The van der Waals surface area contributed by atoms with Crippen LogP contribution in [0.25, 0.3) is 0 Å². The summed E-state index contributed by atoms with van der Waals surface area (Å²) in [4.78, 5) is 15.3. The van der Waals surface area contributed by atoms with Gasteiger partial charge in [-0.2, -0.15) is 0 Å². The number of aromatic nitrogens is 1. The Morgan fingerprint density at radius 3 is 2.71 bits per heavy atom. The van der Waals surface area contributed by atoms with E-state index in [1.54, 1.807) is 6.92 Å². The number of anilines is 1. The molecular weight excluding hydrogens is 232 g/mol. The van der Waals surface area contributed by atoms with Crippen molar-refractivity contribution in [1.82, 2.24) is 4.98 Å². The van der Waals surface area contributed by atoms with Gasteiger partial charge in [0, 0.05) is 12.1 Å². The number of nitrogens with two attached hydrogens (primary N) is 2. The minimum absolute atomic E-state index is 0.0631. The maximum Gasteiger partial charge on any atom is 0.359 e. The van der Waals surface area contributed by atoms with Crippen LogP contribution in [0, 0.1) is 0 Å². The quantitative estimate of drug-likeness (QED) is 0.778. The molecule has 17 heavy (non-hydrogen) atoms. The van der Waals surface area contributed by atoms with E-state index in [1.807, 2.05) is 0 Å². The molecule has 0 radical (unpaired) electrons. The summed E-state index contributed by atoms with van der Waals surface area (Å²) < 4.78 is 30.0. The zero-order valence-electron chi connectivity index (χ0n) is 9.24. The Bertz CT molecular complexity index is 424. The van der Waals surface area contributed by atoms with Crippen molar-refractivity contribution in [3.05, 3.63) is 23.0 Å². The second-order valence-corrected chi connectivity index (χ2v) is 3.19. The van der Waals surface area contributed by atoms with E-state index in [1.165, 1.54) is 0 Å². The molecule has 5 nitrogen and oxygen atoms in total. The van der Waals surface area contributed by atoms with Gasteiger partial charge in [0.2, 0.25) is 0 Å². The lowest BCUT2D eigenvalue weighted by atomic mass is 10.1. The SMILES string of the molecule is CCOC(=O)c1nc(CN)cc(C(F)F)c1N. The smallest absolute Gasteiger partial charge is 0.359 e. The molecule has 0 spiro atoms. The molecule has 94 valence electrons. The minimum Gasteiger partial charge on any atom is -0.461 e. The van der Waals surface area contributed by atoms with Crippen LogP contribution in [-0.4, -0.2) is 17.6 Å². The third-order valence-electron chi connectivity index (χ3n) is 2.06. The third-order valence-corrected chi connectivity index (χ3v) is 2.06. The first-order valence-corrected chi connectivity index (χ1v) is 4.95. The summed E-state index contributed by atoms with van der Waals surface area (Å²) in [5.41, 5.74) is 9.80. The first kappa shape index (κ1) is 13.3. The molecule has 0 amide bonds. The zero-order valence-corrected chi connectivity index (χ0v) is 9.24. The van der Waals surface area contributed by atoms with Crippen LogP contribution in [0.5, 0.6) is 0 Å². The van der Waals surface area contributed by atoms with Gasteiger partial charge >= 0.3 is 5.97 Å². The van der Waals surface area contributed by atoms with E-state index < -0.39 is 18.0 Å². The van der Waals surface area contributed by atoms with Gasteiger partial charge in [0.1, 0.15) is 0 Å². The molecule has 0 fully saturated rings. The Kier molecular flexibility index (Phi) is 4.33. The van der Waals surface area contributed by atoms with Crippen LogP contribution in [0.3, 0.4) is 0 Å². The molecule has 1 aromatic rings. The zero-order chi connectivity index (χ0) is 13.0. The van der Waals surface area contributed by atoms with Crippen molar-refractivity contribution in [3.8, 4) is 0 Å². The number of hydrogen-bond donors (Lipinski definition) is 2. The molecule has 0 atom stereocenters. The highest BCUT2D eigenvalue weighted by Crippen LogP contribution is 2.28. The standard InChI is InChI=1S/C10H13F2N3O2/c1-2-17-10(16)8-7(14)6(9(11)12)3-5(4-13)15-8/h3,9H,2,4,13-14H2,1H3. The molecule has 1 heterocycles. The Labute approximate surface area is 96.8 Å².